The van der Waals surface area contributed by atoms with Crippen LogP contribution in [0.4, 0.5) is 0 Å². The highest BCUT2D eigenvalue weighted by Crippen LogP contribution is 2.37. The maximum absolute atomic E-state index is 10.8. The van der Waals surface area contributed by atoms with Crippen molar-refractivity contribution in [2.45, 2.75) is 12.5 Å². The molecular formula is C15H13Cl2NO4. The molecule has 0 aromatic heterocycles. The molecule has 116 valence electrons. The second-order valence-corrected chi connectivity index (χ2v) is 5.45. The minimum Gasteiger partial charge on any atom is -0.508 e. The van der Waals surface area contributed by atoms with Crippen molar-refractivity contribution < 1.29 is 19.7 Å². The summed E-state index contributed by atoms with van der Waals surface area (Å²) in [5, 5.41) is 18.5. The SMILES string of the molecule is N[C@@H](Cc1cc(Cl)c(Oc2ccc(O)cc2)c(Cl)c1)C(=O)O. The lowest BCUT2D eigenvalue weighted by molar-refractivity contribution is -0.138. The van der Waals surface area contributed by atoms with Gasteiger partial charge < -0.3 is 20.7 Å². The molecular weight excluding hydrogens is 329 g/mol. The molecule has 0 unspecified atom stereocenters. The van der Waals surface area contributed by atoms with Gasteiger partial charge in [0.15, 0.2) is 5.75 Å². The highest BCUT2D eigenvalue weighted by molar-refractivity contribution is 6.37. The first kappa shape index (κ1) is 16.4. The molecule has 0 amide bonds. The zero-order valence-electron chi connectivity index (χ0n) is 11.3. The van der Waals surface area contributed by atoms with E-state index in [4.69, 9.17) is 38.8 Å². The van der Waals surface area contributed by atoms with Crippen molar-refractivity contribution in [2.75, 3.05) is 0 Å². The molecule has 7 heteroatoms. The van der Waals surface area contributed by atoms with Crippen LogP contribution in [0.15, 0.2) is 36.4 Å². The standard InChI is InChI=1S/C15H13Cl2NO4/c16-11-5-8(7-13(18)15(20)21)6-12(17)14(11)22-10-3-1-9(19)2-4-10/h1-6,13,19H,7,18H2,(H,20,21)/t13-/m0/s1. The van der Waals surface area contributed by atoms with Crippen LogP contribution in [0.5, 0.6) is 17.2 Å². The van der Waals surface area contributed by atoms with Gasteiger partial charge in [0.2, 0.25) is 0 Å². The zero-order valence-corrected chi connectivity index (χ0v) is 12.8. The topological polar surface area (TPSA) is 92.8 Å². The predicted octanol–water partition coefficient (Wildman–Crippen LogP) is 3.45. The third-order valence-corrected chi connectivity index (χ3v) is 3.45. The van der Waals surface area contributed by atoms with Gasteiger partial charge in [-0.15, -0.1) is 0 Å². The predicted molar refractivity (Wildman–Crippen MR) is 84.0 cm³/mol. The normalized spacial score (nSPS) is 12.0. The quantitative estimate of drug-likeness (QED) is 0.774. The fourth-order valence-corrected chi connectivity index (χ4v) is 2.41. The number of hydrogen-bond acceptors (Lipinski definition) is 4. The average Bonchev–Trinajstić information content (AvgIpc) is 2.44. The summed E-state index contributed by atoms with van der Waals surface area (Å²) in [6.07, 6.45) is 0.105. The highest BCUT2D eigenvalue weighted by Gasteiger charge is 2.16. The van der Waals surface area contributed by atoms with Crippen molar-refractivity contribution in [1.82, 2.24) is 0 Å². The van der Waals surface area contributed by atoms with Gasteiger partial charge in [0.1, 0.15) is 17.5 Å². The second kappa shape index (κ2) is 6.87. The monoisotopic (exact) mass is 341 g/mol. The fourth-order valence-electron chi connectivity index (χ4n) is 1.80. The first-order chi connectivity index (χ1) is 10.4. The van der Waals surface area contributed by atoms with Crippen LogP contribution in [-0.2, 0) is 11.2 Å². The van der Waals surface area contributed by atoms with Crippen molar-refractivity contribution in [1.29, 1.82) is 0 Å². The Morgan fingerprint density at radius 1 is 1.18 bits per heavy atom. The third-order valence-electron chi connectivity index (χ3n) is 2.89. The fraction of sp³-hybridized carbons (Fsp3) is 0.133. The zero-order chi connectivity index (χ0) is 16.3. The number of nitrogens with two attached hydrogens (primary N) is 1. The van der Waals surface area contributed by atoms with E-state index in [1.807, 2.05) is 0 Å². The van der Waals surface area contributed by atoms with Gasteiger partial charge in [0.05, 0.1) is 10.0 Å². The largest absolute Gasteiger partial charge is 0.508 e. The van der Waals surface area contributed by atoms with E-state index in [2.05, 4.69) is 0 Å². The number of carboxylic acids is 1. The Labute approximate surface area is 136 Å². The number of carboxylic acid groups (broad SMARTS) is 1. The van der Waals surface area contributed by atoms with Gasteiger partial charge in [-0.05, 0) is 48.4 Å². The van der Waals surface area contributed by atoms with Crippen LogP contribution in [0.1, 0.15) is 5.56 Å². The molecule has 0 aliphatic heterocycles. The van der Waals surface area contributed by atoms with Crippen LogP contribution in [0, 0.1) is 0 Å². The summed E-state index contributed by atoms with van der Waals surface area (Å²) in [5.74, 6) is -0.280. The Balaban J connectivity index is 2.23. The average molecular weight is 342 g/mol. The molecule has 0 aliphatic carbocycles. The number of benzene rings is 2. The van der Waals surface area contributed by atoms with Gasteiger partial charge in [0.25, 0.3) is 0 Å². The summed E-state index contributed by atoms with van der Waals surface area (Å²) < 4.78 is 5.58. The Hall–Kier alpha value is -1.95. The number of phenolic OH excluding ortho intramolecular Hbond substituents is 1. The van der Waals surface area contributed by atoms with E-state index in [-0.39, 0.29) is 28.0 Å². The third kappa shape index (κ3) is 4.04. The Morgan fingerprint density at radius 2 is 1.73 bits per heavy atom. The van der Waals surface area contributed by atoms with Gasteiger partial charge in [-0.25, -0.2) is 0 Å². The van der Waals surface area contributed by atoms with Crippen LogP contribution in [-0.4, -0.2) is 22.2 Å². The summed E-state index contributed by atoms with van der Waals surface area (Å²) in [6.45, 7) is 0. The van der Waals surface area contributed by atoms with Crippen LogP contribution in [0.3, 0.4) is 0 Å². The number of aliphatic carboxylic acids is 1. The number of carbonyl (C=O) groups is 1. The molecule has 0 radical (unpaired) electrons. The summed E-state index contributed by atoms with van der Waals surface area (Å²) in [4.78, 5) is 10.8. The van der Waals surface area contributed by atoms with Crippen molar-refractivity contribution in [3.63, 3.8) is 0 Å². The molecule has 0 spiro atoms. The molecule has 0 bridgehead atoms. The Kier molecular flexibility index (Phi) is 5.13. The van der Waals surface area contributed by atoms with E-state index in [0.29, 0.717) is 11.3 Å². The molecule has 4 N–H and O–H groups in total. The molecule has 0 saturated heterocycles. The molecule has 22 heavy (non-hydrogen) atoms. The van der Waals surface area contributed by atoms with Gasteiger partial charge in [-0.3, -0.25) is 4.79 Å². The number of halogens is 2. The van der Waals surface area contributed by atoms with Crippen LogP contribution in [0.25, 0.3) is 0 Å². The van der Waals surface area contributed by atoms with Gasteiger partial charge >= 0.3 is 5.97 Å². The summed E-state index contributed by atoms with van der Waals surface area (Å²) in [6, 6.07) is 8.16. The van der Waals surface area contributed by atoms with Gasteiger partial charge in [-0.1, -0.05) is 23.2 Å². The van der Waals surface area contributed by atoms with Crippen LogP contribution >= 0.6 is 23.2 Å². The maximum Gasteiger partial charge on any atom is 0.320 e. The van der Waals surface area contributed by atoms with E-state index < -0.39 is 12.0 Å². The lowest BCUT2D eigenvalue weighted by Gasteiger charge is -2.13. The lowest BCUT2D eigenvalue weighted by atomic mass is 10.1. The molecule has 0 saturated carbocycles. The first-order valence-corrected chi connectivity index (χ1v) is 7.05. The molecule has 1 atom stereocenters. The van der Waals surface area contributed by atoms with Crippen molar-refractivity contribution >= 4 is 29.2 Å². The number of hydrogen-bond donors (Lipinski definition) is 3. The molecule has 0 heterocycles. The van der Waals surface area contributed by atoms with Crippen molar-refractivity contribution in [3.8, 4) is 17.2 Å². The van der Waals surface area contributed by atoms with Crippen LogP contribution < -0.4 is 10.5 Å². The molecule has 0 fully saturated rings. The Morgan fingerprint density at radius 3 is 2.23 bits per heavy atom. The Bertz CT molecular complexity index is 665. The summed E-state index contributed by atoms with van der Waals surface area (Å²) in [7, 11) is 0. The second-order valence-electron chi connectivity index (χ2n) is 4.63. The molecule has 0 aliphatic rings. The van der Waals surface area contributed by atoms with E-state index in [0.717, 1.165) is 0 Å². The lowest BCUT2D eigenvalue weighted by Crippen LogP contribution is -2.32. The smallest absolute Gasteiger partial charge is 0.320 e. The van der Waals surface area contributed by atoms with Gasteiger partial charge in [0, 0.05) is 0 Å². The van der Waals surface area contributed by atoms with E-state index in [1.54, 1.807) is 24.3 Å². The number of ether oxygens (including phenoxy) is 1. The molecule has 2 aromatic carbocycles. The first-order valence-electron chi connectivity index (χ1n) is 6.30. The maximum atomic E-state index is 10.8. The number of aromatic hydroxyl groups is 1. The van der Waals surface area contributed by atoms with Crippen molar-refractivity contribution in [3.05, 3.63) is 52.0 Å². The van der Waals surface area contributed by atoms with E-state index in [9.17, 15) is 9.90 Å². The highest BCUT2D eigenvalue weighted by atomic mass is 35.5. The minimum atomic E-state index is -1.10. The van der Waals surface area contributed by atoms with E-state index in [1.165, 1.54) is 12.1 Å². The van der Waals surface area contributed by atoms with Crippen LogP contribution in [0.2, 0.25) is 10.0 Å². The molecule has 5 nitrogen and oxygen atoms in total. The molecule has 2 aromatic rings. The van der Waals surface area contributed by atoms with E-state index >= 15 is 0 Å². The number of rotatable bonds is 5. The number of phenols is 1. The summed E-state index contributed by atoms with van der Waals surface area (Å²) >= 11 is 12.3. The minimum absolute atomic E-state index is 0.105. The van der Waals surface area contributed by atoms with Crippen molar-refractivity contribution in [2.24, 2.45) is 5.73 Å². The summed E-state index contributed by atoms with van der Waals surface area (Å²) in [5.41, 5.74) is 6.08. The molecule has 2 rings (SSSR count). The van der Waals surface area contributed by atoms with Gasteiger partial charge in [-0.2, -0.15) is 0 Å².